The third kappa shape index (κ3) is 3.75. The number of aromatic amines is 1. The highest BCUT2D eigenvalue weighted by Gasteiger charge is 2.35. The number of esters is 1. The molecule has 6 nitrogen and oxygen atoms in total. The molecule has 2 heterocycles. The summed E-state index contributed by atoms with van der Waals surface area (Å²) in [5.74, 6) is -0.724. The molecule has 1 aromatic heterocycles. The third-order valence-corrected chi connectivity index (χ3v) is 5.41. The lowest BCUT2D eigenvalue weighted by atomic mass is 9.92. The van der Waals surface area contributed by atoms with Gasteiger partial charge in [-0.25, -0.2) is 9.18 Å². The van der Waals surface area contributed by atoms with Gasteiger partial charge in [0.25, 0.3) is 0 Å². The number of nitrogens with one attached hydrogen (secondary N) is 2. The first-order valence-corrected chi connectivity index (χ1v) is 10.1. The number of benzene rings is 2. The number of ether oxygens (including phenoxy) is 1. The van der Waals surface area contributed by atoms with Gasteiger partial charge in [0.2, 0.25) is 0 Å². The van der Waals surface area contributed by atoms with Gasteiger partial charge in [0.1, 0.15) is 11.9 Å². The Bertz CT molecular complexity index is 1080. The van der Waals surface area contributed by atoms with Crippen LogP contribution in [0.5, 0.6) is 0 Å². The predicted molar refractivity (Wildman–Crippen MR) is 112 cm³/mol. The highest BCUT2D eigenvalue weighted by atomic mass is 19.1. The van der Waals surface area contributed by atoms with Crippen molar-refractivity contribution >= 4 is 22.9 Å². The number of hydrogen-bond acceptors (Lipinski definition) is 3. The van der Waals surface area contributed by atoms with E-state index in [1.54, 1.807) is 30.0 Å². The minimum Gasteiger partial charge on any atom is -0.466 e. The normalized spacial score (nSPS) is 15.7. The molecule has 2 N–H and O–H groups in total. The fourth-order valence-electron chi connectivity index (χ4n) is 4.09. The maximum atomic E-state index is 14.8. The number of halogens is 1. The molecule has 30 heavy (non-hydrogen) atoms. The lowest BCUT2D eigenvalue weighted by Gasteiger charge is -2.36. The van der Waals surface area contributed by atoms with Crippen LogP contribution in [0.4, 0.5) is 9.18 Å². The van der Waals surface area contributed by atoms with Gasteiger partial charge in [-0.3, -0.25) is 4.79 Å². The number of H-pyrrole nitrogens is 1. The zero-order valence-corrected chi connectivity index (χ0v) is 16.8. The third-order valence-electron chi connectivity index (χ3n) is 5.41. The standard InChI is InChI=1S/C23H24FN3O3/c1-2-30-20(28)11-13-25-23(29)27-14-12-16-15-7-4-6-10-19(15)26-21(16)22(27)17-8-3-5-9-18(17)24/h3-10,22,26H,2,11-14H2,1H3,(H,25,29). The Morgan fingerprint density at radius 2 is 1.97 bits per heavy atom. The first-order chi connectivity index (χ1) is 14.6. The van der Waals surface area contributed by atoms with Crippen LogP contribution in [0.25, 0.3) is 10.9 Å². The number of fused-ring (bicyclic) bond motifs is 3. The Kier molecular flexibility index (Phi) is 5.70. The molecule has 7 heteroatoms. The van der Waals surface area contributed by atoms with Crippen molar-refractivity contribution in [2.24, 2.45) is 0 Å². The number of para-hydroxylation sites is 1. The van der Waals surface area contributed by atoms with E-state index in [2.05, 4.69) is 10.3 Å². The van der Waals surface area contributed by atoms with Crippen LogP contribution < -0.4 is 5.32 Å². The number of urea groups is 1. The van der Waals surface area contributed by atoms with E-state index < -0.39 is 6.04 Å². The molecule has 4 rings (SSSR count). The molecule has 156 valence electrons. The first-order valence-electron chi connectivity index (χ1n) is 10.1. The molecule has 1 unspecified atom stereocenters. The van der Waals surface area contributed by atoms with Crippen molar-refractivity contribution < 1.29 is 18.7 Å². The first kappa shape index (κ1) is 19.9. The number of nitrogens with zero attached hydrogens (tertiary/aromatic N) is 1. The van der Waals surface area contributed by atoms with Crippen LogP contribution in [-0.2, 0) is 16.0 Å². The molecule has 2 amide bonds. The van der Waals surface area contributed by atoms with E-state index >= 15 is 0 Å². The summed E-state index contributed by atoms with van der Waals surface area (Å²) in [6.45, 7) is 2.65. The molecule has 1 aliphatic heterocycles. The number of carbonyl (C=O) groups is 2. The summed E-state index contributed by atoms with van der Waals surface area (Å²) in [6, 6.07) is 13.5. The average molecular weight is 409 g/mol. The molecule has 3 aromatic rings. The lowest BCUT2D eigenvalue weighted by Crippen LogP contribution is -2.46. The van der Waals surface area contributed by atoms with Crippen molar-refractivity contribution in [1.82, 2.24) is 15.2 Å². The molecular formula is C23H24FN3O3. The largest absolute Gasteiger partial charge is 0.466 e. The highest BCUT2D eigenvalue weighted by Crippen LogP contribution is 2.39. The van der Waals surface area contributed by atoms with E-state index in [1.165, 1.54) is 6.07 Å². The van der Waals surface area contributed by atoms with Crippen molar-refractivity contribution in [3.05, 3.63) is 71.2 Å². The van der Waals surface area contributed by atoms with E-state index in [4.69, 9.17) is 4.74 Å². The van der Waals surface area contributed by atoms with E-state index in [9.17, 15) is 14.0 Å². The summed E-state index contributed by atoms with van der Waals surface area (Å²) >= 11 is 0. The Hall–Kier alpha value is -3.35. The molecule has 1 atom stereocenters. The molecule has 0 radical (unpaired) electrons. The Labute approximate surface area is 174 Å². The number of hydrogen-bond donors (Lipinski definition) is 2. The highest BCUT2D eigenvalue weighted by molar-refractivity contribution is 5.86. The monoisotopic (exact) mass is 409 g/mol. The van der Waals surface area contributed by atoms with Crippen LogP contribution in [0.1, 0.15) is 36.2 Å². The second-order valence-electron chi connectivity index (χ2n) is 7.22. The predicted octanol–water partition coefficient (Wildman–Crippen LogP) is 3.92. The van der Waals surface area contributed by atoms with Crippen molar-refractivity contribution in [3.8, 4) is 0 Å². The average Bonchev–Trinajstić information content (AvgIpc) is 3.12. The molecule has 0 fully saturated rings. The van der Waals surface area contributed by atoms with Crippen molar-refractivity contribution in [3.63, 3.8) is 0 Å². The quantitative estimate of drug-likeness (QED) is 0.628. The maximum Gasteiger partial charge on any atom is 0.318 e. The number of aromatic nitrogens is 1. The van der Waals surface area contributed by atoms with Gasteiger partial charge in [0.15, 0.2) is 0 Å². The SMILES string of the molecule is CCOC(=O)CCNC(=O)N1CCc2c([nH]c3ccccc23)C1c1ccccc1F. The van der Waals surface area contributed by atoms with Gasteiger partial charge in [0.05, 0.1) is 13.0 Å². The van der Waals surface area contributed by atoms with Gasteiger partial charge in [0, 0.05) is 35.2 Å². The fourth-order valence-corrected chi connectivity index (χ4v) is 4.09. The molecule has 0 bridgehead atoms. The van der Waals surface area contributed by atoms with Crippen LogP contribution in [0.2, 0.25) is 0 Å². The van der Waals surface area contributed by atoms with E-state index in [0.717, 1.165) is 22.2 Å². The Morgan fingerprint density at radius 1 is 1.20 bits per heavy atom. The van der Waals surface area contributed by atoms with Crippen molar-refractivity contribution in [2.75, 3.05) is 19.7 Å². The zero-order chi connectivity index (χ0) is 21.1. The minimum absolute atomic E-state index is 0.0927. The fraction of sp³-hybridized carbons (Fsp3) is 0.304. The lowest BCUT2D eigenvalue weighted by molar-refractivity contribution is -0.142. The molecule has 0 saturated heterocycles. The summed E-state index contributed by atoms with van der Waals surface area (Å²) in [4.78, 5) is 29.6. The summed E-state index contributed by atoms with van der Waals surface area (Å²) in [5, 5.41) is 3.87. The van der Waals surface area contributed by atoms with Crippen LogP contribution >= 0.6 is 0 Å². The van der Waals surface area contributed by atoms with Crippen LogP contribution in [-0.4, -0.2) is 41.6 Å². The van der Waals surface area contributed by atoms with Gasteiger partial charge in [-0.1, -0.05) is 36.4 Å². The Morgan fingerprint density at radius 3 is 2.77 bits per heavy atom. The van der Waals surface area contributed by atoms with Crippen LogP contribution in [0.15, 0.2) is 48.5 Å². The van der Waals surface area contributed by atoms with Gasteiger partial charge in [-0.15, -0.1) is 0 Å². The summed E-state index contributed by atoms with van der Waals surface area (Å²) in [5.41, 5.74) is 3.33. The van der Waals surface area contributed by atoms with Gasteiger partial charge in [-0.2, -0.15) is 0 Å². The molecule has 2 aromatic carbocycles. The summed E-state index contributed by atoms with van der Waals surface area (Å²) in [7, 11) is 0. The second-order valence-corrected chi connectivity index (χ2v) is 7.22. The zero-order valence-electron chi connectivity index (χ0n) is 16.8. The summed E-state index contributed by atoms with van der Waals surface area (Å²) < 4.78 is 19.7. The maximum absolute atomic E-state index is 14.8. The van der Waals surface area contributed by atoms with E-state index in [1.807, 2.05) is 24.3 Å². The Balaban J connectivity index is 1.66. The van der Waals surface area contributed by atoms with Gasteiger partial charge >= 0.3 is 12.0 Å². The minimum atomic E-state index is -0.579. The molecule has 0 spiro atoms. The second kappa shape index (κ2) is 8.57. The summed E-state index contributed by atoms with van der Waals surface area (Å²) in [6.07, 6.45) is 0.755. The molecule has 1 aliphatic rings. The molecule has 0 saturated carbocycles. The molecular weight excluding hydrogens is 385 g/mol. The molecule has 0 aliphatic carbocycles. The number of amides is 2. The van der Waals surface area contributed by atoms with Gasteiger partial charge < -0.3 is 19.9 Å². The van der Waals surface area contributed by atoms with Crippen LogP contribution in [0, 0.1) is 5.82 Å². The van der Waals surface area contributed by atoms with E-state index in [-0.39, 0.29) is 30.8 Å². The number of carbonyl (C=O) groups excluding carboxylic acids is 2. The van der Waals surface area contributed by atoms with Gasteiger partial charge in [-0.05, 0) is 31.0 Å². The van der Waals surface area contributed by atoms with Crippen molar-refractivity contribution in [1.29, 1.82) is 0 Å². The smallest absolute Gasteiger partial charge is 0.318 e. The topological polar surface area (TPSA) is 74.4 Å². The number of rotatable bonds is 5. The van der Waals surface area contributed by atoms with E-state index in [0.29, 0.717) is 25.1 Å². The van der Waals surface area contributed by atoms with Crippen LogP contribution in [0.3, 0.4) is 0 Å². The van der Waals surface area contributed by atoms with Crippen molar-refractivity contribution in [2.45, 2.75) is 25.8 Å².